The molecule has 0 saturated heterocycles. The van der Waals surface area contributed by atoms with E-state index < -0.39 is 0 Å². The molecule has 0 aliphatic heterocycles. The van der Waals surface area contributed by atoms with Gasteiger partial charge in [-0.25, -0.2) is 0 Å². The molecule has 0 saturated carbocycles. The van der Waals surface area contributed by atoms with Gasteiger partial charge in [0.25, 0.3) is 0 Å². The Labute approximate surface area is 123 Å². The van der Waals surface area contributed by atoms with E-state index in [1.165, 1.54) is 5.56 Å². The summed E-state index contributed by atoms with van der Waals surface area (Å²) in [7, 11) is 0. The Bertz CT molecular complexity index is 848. The number of benzene rings is 2. The summed E-state index contributed by atoms with van der Waals surface area (Å²) in [6.07, 6.45) is 3.25. The topological polar surface area (TPSA) is 42.9 Å². The summed E-state index contributed by atoms with van der Waals surface area (Å²) in [5, 5.41) is 0. The van der Waals surface area contributed by atoms with Crippen molar-refractivity contribution in [2.45, 2.75) is 20.8 Å². The van der Waals surface area contributed by atoms with Crippen molar-refractivity contribution in [3.8, 4) is 0 Å². The Balaban J connectivity index is 2.20. The first-order valence-corrected chi connectivity index (χ1v) is 6.90. The van der Waals surface area contributed by atoms with E-state index in [0.29, 0.717) is 11.1 Å². The molecule has 1 aromatic heterocycles. The van der Waals surface area contributed by atoms with Gasteiger partial charge in [0.15, 0.2) is 5.78 Å². The number of para-hydroxylation sites is 1. The third-order valence-corrected chi connectivity index (χ3v) is 3.83. The number of ketones is 1. The lowest BCUT2D eigenvalue weighted by Crippen LogP contribution is -2.06. The highest BCUT2D eigenvalue weighted by atomic mass is 16.1. The van der Waals surface area contributed by atoms with E-state index in [1.54, 1.807) is 12.4 Å². The zero-order valence-electron chi connectivity index (χ0n) is 12.3. The maximum Gasteiger partial charge on any atom is 0.195 e. The summed E-state index contributed by atoms with van der Waals surface area (Å²) in [4.78, 5) is 21.4. The molecule has 3 nitrogen and oxygen atoms in total. The first-order valence-electron chi connectivity index (χ1n) is 6.90. The van der Waals surface area contributed by atoms with E-state index in [4.69, 9.17) is 0 Å². The Hall–Kier alpha value is -2.55. The number of hydrogen-bond acceptors (Lipinski definition) is 3. The Morgan fingerprint density at radius 3 is 2.38 bits per heavy atom. The van der Waals surface area contributed by atoms with Crippen LogP contribution in [0.1, 0.15) is 32.6 Å². The third-order valence-electron chi connectivity index (χ3n) is 3.83. The second kappa shape index (κ2) is 5.09. The van der Waals surface area contributed by atoms with E-state index in [1.807, 2.05) is 38.1 Å². The highest BCUT2D eigenvalue weighted by Crippen LogP contribution is 2.22. The molecule has 104 valence electrons. The zero-order chi connectivity index (χ0) is 15.0. The minimum absolute atomic E-state index is 0.00157. The van der Waals surface area contributed by atoms with Crippen LogP contribution in [0.3, 0.4) is 0 Å². The van der Waals surface area contributed by atoms with E-state index in [2.05, 4.69) is 23.0 Å². The minimum atomic E-state index is 0.00157. The molecule has 0 aliphatic rings. The van der Waals surface area contributed by atoms with Crippen molar-refractivity contribution in [1.82, 2.24) is 9.97 Å². The molecule has 0 atom stereocenters. The lowest BCUT2D eigenvalue weighted by molar-refractivity contribution is 0.103. The van der Waals surface area contributed by atoms with Gasteiger partial charge in [-0.2, -0.15) is 0 Å². The zero-order valence-corrected chi connectivity index (χ0v) is 12.3. The Kier molecular flexibility index (Phi) is 3.26. The van der Waals surface area contributed by atoms with E-state index in [9.17, 15) is 4.79 Å². The van der Waals surface area contributed by atoms with Gasteiger partial charge < -0.3 is 0 Å². The fourth-order valence-electron chi connectivity index (χ4n) is 2.53. The monoisotopic (exact) mass is 276 g/mol. The molecule has 3 aromatic rings. The number of fused-ring (bicyclic) bond motifs is 1. The van der Waals surface area contributed by atoms with Gasteiger partial charge in [0.2, 0.25) is 0 Å². The SMILES string of the molecule is Cc1cc(C)c(C(=O)c2cccc3nccnc23)cc1C. The summed E-state index contributed by atoms with van der Waals surface area (Å²) in [6, 6.07) is 9.54. The van der Waals surface area contributed by atoms with Crippen LogP contribution in [0.15, 0.2) is 42.7 Å². The predicted molar refractivity (Wildman–Crippen MR) is 83.6 cm³/mol. The van der Waals surface area contributed by atoms with Gasteiger partial charge in [0, 0.05) is 18.0 Å². The van der Waals surface area contributed by atoms with Crippen LogP contribution >= 0.6 is 0 Å². The molecule has 0 spiro atoms. The van der Waals surface area contributed by atoms with Gasteiger partial charge in [-0.15, -0.1) is 0 Å². The molecule has 0 aliphatic carbocycles. The molecule has 2 aromatic carbocycles. The lowest BCUT2D eigenvalue weighted by atomic mass is 9.94. The Morgan fingerprint density at radius 1 is 0.857 bits per heavy atom. The quantitative estimate of drug-likeness (QED) is 0.669. The van der Waals surface area contributed by atoms with Crippen LogP contribution in [0.2, 0.25) is 0 Å². The van der Waals surface area contributed by atoms with Gasteiger partial charge >= 0.3 is 0 Å². The second-order valence-electron chi connectivity index (χ2n) is 5.31. The Morgan fingerprint density at radius 2 is 1.57 bits per heavy atom. The lowest BCUT2D eigenvalue weighted by Gasteiger charge is -2.10. The highest BCUT2D eigenvalue weighted by molar-refractivity contribution is 6.15. The molecule has 0 unspecified atom stereocenters. The molecule has 0 fully saturated rings. The number of nitrogens with zero attached hydrogens (tertiary/aromatic N) is 2. The summed E-state index contributed by atoms with van der Waals surface area (Å²) in [6.45, 7) is 6.05. The van der Waals surface area contributed by atoms with Crippen molar-refractivity contribution >= 4 is 16.8 Å². The number of aromatic nitrogens is 2. The average molecular weight is 276 g/mol. The number of hydrogen-bond donors (Lipinski definition) is 0. The fourth-order valence-corrected chi connectivity index (χ4v) is 2.53. The van der Waals surface area contributed by atoms with Crippen molar-refractivity contribution in [2.75, 3.05) is 0 Å². The molecule has 3 rings (SSSR count). The fraction of sp³-hybridized carbons (Fsp3) is 0.167. The second-order valence-corrected chi connectivity index (χ2v) is 5.31. The van der Waals surface area contributed by atoms with Crippen LogP contribution in [0.4, 0.5) is 0 Å². The first kappa shape index (κ1) is 13.4. The van der Waals surface area contributed by atoms with Crippen molar-refractivity contribution in [2.24, 2.45) is 0 Å². The number of rotatable bonds is 2. The molecular formula is C18H16N2O. The largest absolute Gasteiger partial charge is 0.289 e. The van der Waals surface area contributed by atoms with Crippen LogP contribution in [0, 0.1) is 20.8 Å². The smallest absolute Gasteiger partial charge is 0.195 e. The first-order chi connectivity index (χ1) is 10.1. The molecule has 0 bridgehead atoms. The van der Waals surface area contributed by atoms with E-state index in [0.717, 1.165) is 22.2 Å². The number of carbonyl (C=O) groups excluding carboxylic acids is 1. The predicted octanol–water partition coefficient (Wildman–Crippen LogP) is 3.79. The van der Waals surface area contributed by atoms with Crippen molar-refractivity contribution in [1.29, 1.82) is 0 Å². The van der Waals surface area contributed by atoms with Crippen LogP contribution < -0.4 is 0 Å². The summed E-state index contributed by atoms with van der Waals surface area (Å²) >= 11 is 0. The van der Waals surface area contributed by atoms with Crippen LogP contribution in [-0.2, 0) is 0 Å². The molecular weight excluding hydrogens is 260 g/mol. The van der Waals surface area contributed by atoms with E-state index in [-0.39, 0.29) is 5.78 Å². The molecule has 0 radical (unpaired) electrons. The van der Waals surface area contributed by atoms with Crippen LogP contribution in [0.25, 0.3) is 11.0 Å². The summed E-state index contributed by atoms with van der Waals surface area (Å²) < 4.78 is 0. The molecule has 21 heavy (non-hydrogen) atoms. The average Bonchev–Trinajstić information content (AvgIpc) is 2.49. The van der Waals surface area contributed by atoms with Gasteiger partial charge in [0.05, 0.1) is 16.6 Å². The van der Waals surface area contributed by atoms with Crippen molar-refractivity contribution < 1.29 is 4.79 Å². The molecule has 0 amide bonds. The number of carbonyl (C=O) groups is 1. The minimum Gasteiger partial charge on any atom is -0.289 e. The standard InChI is InChI=1S/C18H16N2O/c1-11-9-13(3)15(10-12(11)2)18(21)14-5-4-6-16-17(14)20-8-7-19-16/h4-10H,1-3H3. The summed E-state index contributed by atoms with van der Waals surface area (Å²) in [5.41, 5.74) is 6.04. The van der Waals surface area contributed by atoms with Crippen LogP contribution in [0.5, 0.6) is 0 Å². The van der Waals surface area contributed by atoms with Gasteiger partial charge in [-0.1, -0.05) is 12.1 Å². The third kappa shape index (κ3) is 2.31. The molecule has 0 N–H and O–H groups in total. The van der Waals surface area contributed by atoms with Crippen molar-refractivity contribution in [3.05, 3.63) is 70.5 Å². The van der Waals surface area contributed by atoms with Crippen LogP contribution in [-0.4, -0.2) is 15.8 Å². The molecule has 3 heteroatoms. The molecule has 1 heterocycles. The summed E-state index contributed by atoms with van der Waals surface area (Å²) in [5.74, 6) is 0.00157. The normalized spacial score (nSPS) is 10.8. The maximum atomic E-state index is 12.9. The highest BCUT2D eigenvalue weighted by Gasteiger charge is 2.16. The van der Waals surface area contributed by atoms with E-state index >= 15 is 0 Å². The number of aryl methyl sites for hydroxylation is 3. The maximum absolute atomic E-state index is 12.9. The van der Waals surface area contributed by atoms with Gasteiger partial charge in [-0.3, -0.25) is 14.8 Å². The van der Waals surface area contributed by atoms with Gasteiger partial charge in [-0.05, 0) is 55.7 Å². The van der Waals surface area contributed by atoms with Gasteiger partial charge in [0.1, 0.15) is 0 Å². The van der Waals surface area contributed by atoms with Crippen molar-refractivity contribution in [3.63, 3.8) is 0 Å².